The molecule has 5 nitrogen and oxygen atoms in total. The number of rotatable bonds is 3. The minimum absolute atomic E-state index is 0.0454. The van der Waals surface area contributed by atoms with Gasteiger partial charge in [-0.1, -0.05) is 23.7 Å². The van der Waals surface area contributed by atoms with Crippen LogP contribution in [0, 0.1) is 5.82 Å². The zero-order chi connectivity index (χ0) is 20.5. The summed E-state index contributed by atoms with van der Waals surface area (Å²) in [5, 5.41) is 5.11. The third-order valence-corrected chi connectivity index (χ3v) is 5.18. The topological polar surface area (TPSA) is 47.4 Å². The molecule has 150 valence electrons. The largest absolute Gasteiger partial charge is 0.372 e. The summed E-state index contributed by atoms with van der Waals surface area (Å²) in [5.74, 6) is -0.473. The van der Waals surface area contributed by atoms with Crippen LogP contribution in [-0.2, 0) is 4.74 Å². The molecule has 4 rings (SSSR count). The molecule has 1 fully saturated rings. The van der Waals surface area contributed by atoms with Crippen LogP contribution >= 0.6 is 11.6 Å². The maximum Gasteiger partial charge on any atom is 0.272 e. The lowest BCUT2D eigenvalue weighted by atomic mass is 10.1. The number of para-hydroxylation sites is 1. The van der Waals surface area contributed by atoms with E-state index in [1.54, 1.807) is 33.8 Å². The van der Waals surface area contributed by atoms with Gasteiger partial charge in [0.1, 0.15) is 11.5 Å². The molecule has 1 saturated heterocycles. The second-order valence-electron chi connectivity index (χ2n) is 7.25. The van der Waals surface area contributed by atoms with Crippen molar-refractivity contribution in [2.24, 2.45) is 0 Å². The van der Waals surface area contributed by atoms with E-state index in [0.29, 0.717) is 35.2 Å². The fraction of sp³-hybridized carbons (Fsp3) is 0.273. The van der Waals surface area contributed by atoms with Crippen LogP contribution in [0.2, 0.25) is 5.02 Å². The molecule has 1 amide bonds. The number of nitrogens with zero attached hydrogens (tertiary/aromatic N) is 3. The van der Waals surface area contributed by atoms with E-state index in [4.69, 9.17) is 16.3 Å². The molecule has 1 aromatic heterocycles. The first-order valence-electron chi connectivity index (χ1n) is 9.48. The molecule has 0 N–H and O–H groups in total. The Morgan fingerprint density at radius 1 is 1.10 bits per heavy atom. The molecule has 1 aliphatic heterocycles. The summed E-state index contributed by atoms with van der Waals surface area (Å²) < 4.78 is 20.6. The molecule has 2 aromatic carbocycles. The van der Waals surface area contributed by atoms with E-state index in [9.17, 15) is 9.18 Å². The number of hydrogen-bond donors (Lipinski definition) is 0. The van der Waals surface area contributed by atoms with E-state index in [2.05, 4.69) is 5.10 Å². The monoisotopic (exact) mass is 413 g/mol. The van der Waals surface area contributed by atoms with Crippen LogP contribution in [0.4, 0.5) is 4.39 Å². The van der Waals surface area contributed by atoms with Gasteiger partial charge in [0.15, 0.2) is 0 Å². The number of morpholine rings is 1. The normalized spacial score (nSPS) is 19.4. The molecule has 0 saturated carbocycles. The standard InChI is InChI=1S/C22H21ClFN3O2/c1-14-12-26(13-15(2)29-14)22(28)21-11-19(16-7-9-17(24)10-8-16)25-27(21)20-6-4-3-5-18(20)23/h3-11,14-15H,12-13H2,1-2H3/t14-,15+. The Morgan fingerprint density at radius 2 is 1.76 bits per heavy atom. The van der Waals surface area contributed by atoms with Gasteiger partial charge in [0.2, 0.25) is 0 Å². The molecule has 0 unspecified atom stereocenters. The second kappa shape index (κ2) is 7.97. The van der Waals surface area contributed by atoms with Crippen LogP contribution in [0.15, 0.2) is 54.6 Å². The van der Waals surface area contributed by atoms with Crippen LogP contribution in [0.5, 0.6) is 0 Å². The Labute approximate surface area is 173 Å². The lowest BCUT2D eigenvalue weighted by Gasteiger charge is -2.35. The van der Waals surface area contributed by atoms with E-state index < -0.39 is 0 Å². The highest BCUT2D eigenvalue weighted by Gasteiger charge is 2.29. The molecule has 7 heteroatoms. The van der Waals surface area contributed by atoms with Gasteiger partial charge in [0.05, 0.1) is 28.6 Å². The average Bonchev–Trinajstić information content (AvgIpc) is 3.12. The molecular formula is C22H21ClFN3O2. The van der Waals surface area contributed by atoms with E-state index in [-0.39, 0.29) is 23.9 Å². The number of aromatic nitrogens is 2. The summed E-state index contributed by atoms with van der Waals surface area (Å²) in [6.07, 6.45) is -0.0908. The minimum atomic E-state index is -0.327. The summed E-state index contributed by atoms with van der Waals surface area (Å²) in [6.45, 7) is 4.90. The van der Waals surface area contributed by atoms with Gasteiger partial charge in [-0.05, 0) is 56.3 Å². The van der Waals surface area contributed by atoms with Crippen molar-refractivity contribution in [2.75, 3.05) is 13.1 Å². The number of ether oxygens (including phenoxy) is 1. The molecule has 3 aromatic rings. The quantitative estimate of drug-likeness (QED) is 0.631. The highest BCUT2D eigenvalue weighted by Crippen LogP contribution is 2.27. The van der Waals surface area contributed by atoms with Crippen molar-refractivity contribution in [3.63, 3.8) is 0 Å². The lowest BCUT2D eigenvalue weighted by molar-refractivity contribution is -0.0588. The summed E-state index contributed by atoms with van der Waals surface area (Å²) in [5.41, 5.74) is 2.30. The molecular weight excluding hydrogens is 393 g/mol. The summed E-state index contributed by atoms with van der Waals surface area (Å²) in [6, 6.07) is 15.0. The highest BCUT2D eigenvalue weighted by molar-refractivity contribution is 6.32. The van der Waals surface area contributed by atoms with E-state index >= 15 is 0 Å². The average molecular weight is 414 g/mol. The smallest absolute Gasteiger partial charge is 0.272 e. The van der Waals surface area contributed by atoms with Crippen molar-refractivity contribution in [1.82, 2.24) is 14.7 Å². The van der Waals surface area contributed by atoms with Crippen molar-refractivity contribution in [3.8, 4) is 16.9 Å². The first-order chi connectivity index (χ1) is 13.9. The van der Waals surface area contributed by atoms with Gasteiger partial charge in [-0.25, -0.2) is 9.07 Å². The Morgan fingerprint density at radius 3 is 2.41 bits per heavy atom. The number of amides is 1. The van der Waals surface area contributed by atoms with Crippen LogP contribution in [-0.4, -0.2) is 45.9 Å². The molecule has 0 bridgehead atoms. The Kier molecular flexibility index (Phi) is 5.39. The zero-order valence-corrected chi connectivity index (χ0v) is 16.9. The Bertz CT molecular complexity index is 1020. The second-order valence-corrected chi connectivity index (χ2v) is 7.66. The number of halogens is 2. The van der Waals surface area contributed by atoms with Crippen molar-refractivity contribution >= 4 is 17.5 Å². The van der Waals surface area contributed by atoms with Gasteiger partial charge >= 0.3 is 0 Å². The van der Waals surface area contributed by atoms with Gasteiger partial charge < -0.3 is 9.64 Å². The van der Waals surface area contributed by atoms with Crippen molar-refractivity contribution in [3.05, 3.63) is 71.1 Å². The number of carbonyl (C=O) groups is 1. The van der Waals surface area contributed by atoms with Gasteiger partial charge in [0.25, 0.3) is 5.91 Å². The highest BCUT2D eigenvalue weighted by atomic mass is 35.5. The third-order valence-electron chi connectivity index (χ3n) is 4.86. The predicted molar refractivity (Wildman–Crippen MR) is 110 cm³/mol. The minimum Gasteiger partial charge on any atom is -0.372 e. The summed E-state index contributed by atoms with van der Waals surface area (Å²) >= 11 is 6.39. The molecule has 0 spiro atoms. The Hall–Kier alpha value is -2.70. The summed E-state index contributed by atoms with van der Waals surface area (Å²) in [7, 11) is 0. The third kappa shape index (κ3) is 4.04. The van der Waals surface area contributed by atoms with Crippen LogP contribution in [0.25, 0.3) is 16.9 Å². The molecule has 0 aliphatic carbocycles. The van der Waals surface area contributed by atoms with E-state index in [1.807, 2.05) is 32.0 Å². The van der Waals surface area contributed by atoms with Crippen LogP contribution in [0.3, 0.4) is 0 Å². The predicted octanol–water partition coefficient (Wildman–Crippen LogP) is 4.58. The van der Waals surface area contributed by atoms with Crippen LogP contribution in [0.1, 0.15) is 24.3 Å². The van der Waals surface area contributed by atoms with Gasteiger partial charge in [-0.15, -0.1) is 0 Å². The molecule has 1 aliphatic rings. The molecule has 0 radical (unpaired) electrons. The fourth-order valence-corrected chi connectivity index (χ4v) is 3.82. The molecule has 2 heterocycles. The van der Waals surface area contributed by atoms with E-state index in [0.717, 1.165) is 5.56 Å². The number of hydrogen-bond acceptors (Lipinski definition) is 3. The van der Waals surface area contributed by atoms with Crippen molar-refractivity contribution < 1.29 is 13.9 Å². The van der Waals surface area contributed by atoms with Gasteiger partial charge in [-0.3, -0.25) is 4.79 Å². The van der Waals surface area contributed by atoms with Gasteiger partial charge in [-0.2, -0.15) is 5.10 Å². The van der Waals surface area contributed by atoms with Crippen LogP contribution < -0.4 is 0 Å². The maximum absolute atomic E-state index is 13.4. The molecule has 2 atom stereocenters. The fourth-order valence-electron chi connectivity index (χ4n) is 3.61. The van der Waals surface area contributed by atoms with Crippen molar-refractivity contribution in [2.45, 2.75) is 26.1 Å². The first-order valence-corrected chi connectivity index (χ1v) is 9.86. The van der Waals surface area contributed by atoms with Crippen molar-refractivity contribution in [1.29, 1.82) is 0 Å². The zero-order valence-electron chi connectivity index (χ0n) is 16.2. The maximum atomic E-state index is 13.4. The van der Waals surface area contributed by atoms with E-state index in [1.165, 1.54) is 12.1 Å². The SMILES string of the molecule is C[C@@H]1CN(C(=O)c2cc(-c3ccc(F)cc3)nn2-c2ccccc2Cl)C[C@H](C)O1. The lowest BCUT2D eigenvalue weighted by Crippen LogP contribution is -2.48. The summed E-state index contributed by atoms with van der Waals surface area (Å²) in [4.78, 5) is 15.2. The molecule has 29 heavy (non-hydrogen) atoms. The Balaban J connectivity index is 1.80. The number of benzene rings is 2. The van der Waals surface area contributed by atoms with Gasteiger partial charge in [0, 0.05) is 18.7 Å². The number of carbonyl (C=O) groups excluding carboxylic acids is 1. The first kappa shape index (κ1) is 19.6.